The van der Waals surface area contributed by atoms with E-state index in [2.05, 4.69) is 15.0 Å². The minimum Gasteiger partial charge on any atom is -0.404 e. The van der Waals surface area contributed by atoms with E-state index in [0.29, 0.717) is 12.1 Å². The minimum atomic E-state index is -3.48. The maximum absolute atomic E-state index is 12.4. The van der Waals surface area contributed by atoms with Crippen molar-refractivity contribution in [3.8, 4) is 0 Å². The fraction of sp³-hybridized carbons (Fsp3) is 0.412. The van der Waals surface area contributed by atoms with Crippen LogP contribution < -0.4 is 15.8 Å². The van der Waals surface area contributed by atoms with E-state index >= 15 is 0 Å². The topological polar surface area (TPSA) is 134 Å². The highest BCUT2D eigenvalue weighted by Crippen LogP contribution is 2.24. The number of hydrogen-bond donors (Lipinski definition) is 4. The molecule has 0 unspecified atom stereocenters. The Morgan fingerprint density at radius 2 is 1.96 bits per heavy atom. The largest absolute Gasteiger partial charge is 0.404 e. The van der Waals surface area contributed by atoms with Gasteiger partial charge in [-0.25, -0.2) is 8.42 Å². The van der Waals surface area contributed by atoms with Crippen LogP contribution >= 0.6 is 11.6 Å². The molecule has 0 saturated heterocycles. The van der Waals surface area contributed by atoms with Crippen molar-refractivity contribution in [2.45, 2.75) is 37.8 Å². The highest BCUT2D eigenvalue weighted by Gasteiger charge is 2.22. The van der Waals surface area contributed by atoms with Gasteiger partial charge in [0.2, 0.25) is 10.0 Å². The summed E-state index contributed by atoms with van der Waals surface area (Å²) in [6, 6.07) is 4.08. The van der Waals surface area contributed by atoms with Crippen LogP contribution in [-0.2, 0) is 14.8 Å². The molecule has 27 heavy (non-hydrogen) atoms. The van der Waals surface area contributed by atoms with Crippen LogP contribution in [0.3, 0.4) is 0 Å². The van der Waals surface area contributed by atoms with E-state index in [-0.39, 0.29) is 22.3 Å². The fourth-order valence-corrected chi connectivity index (χ4v) is 3.54. The van der Waals surface area contributed by atoms with Gasteiger partial charge >= 0.3 is 0 Å². The van der Waals surface area contributed by atoms with Crippen LogP contribution in [0.4, 0.5) is 11.4 Å². The number of aliphatic imine (C=N–C) groups is 1. The van der Waals surface area contributed by atoms with E-state index in [0.717, 1.165) is 31.7 Å². The highest BCUT2D eigenvalue weighted by atomic mass is 35.5. The van der Waals surface area contributed by atoms with Crippen molar-refractivity contribution in [3.05, 3.63) is 35.0 Å². The summed E-state index contributed by atoms with van der Waals surface area (Å²) >= 11 is 5.97. The van der Waals surface area contributed by atoms with Crippen molar-refractivity contribution < 1.29 is 18.3 Å². The van der Waals surface area contributed by atoms with Crippen molar-refractivity contribution >= 4 is 45.1 Å². The number of nitrogens with one attached hydrogen (secondary N) is 2. The van der Waals surface area contributed by atoms with Crippen LogP contribution in [0.5, 0.6) is 0 Å². The van der Waals surface area contributed by atoms with Gasteiger partial charge in [0.1, 0.15) is 0 Å². The number of benzene rings is 1. The second kappa shape index (κ2) is 9.20. The molecule has 0 spiro atoms. The lowest BCUT2D eigenvalue weighted by Crippen LogP contribution is -2.28. The molecule has 1 aliphatic carbocycles. The summed E-state index contributed by atoms with van der Waals surface area (Å²) in [5.41, 5.74) is 6.16. The number of halogens is 1. The molecule has 8 nitrogen and oxygen atoms in total. The van der Waals surface area contributed by atoms with Gasteiger partial charge in [-0.2, -0.15) is 0 Å². The van der Waals surface area contributed by atoms with Gasteiger partial charge in [0.05, 0.1) is 29.7 Å². The van der Waals surface area contributed by atoms with Crippen molar-refractivity contribution in [2.24, 2.45) is 10.7 Å². The first-order valence-electron chi connectivity index (χ1n) is 8.41. The molecule has 0 aliphatic heterocycles. The van der Waals surface area contributed by atoms with Gasteiger partial charge in [0.25, 0.3) is 5.91 Å². The summed E-state index contributed by atoms with van der Waals surface area (Å²) < 4.78 is 25.0. The van der Waals surface area contributed by atoms with Crippen LogP contribution in [0.1, 0.15) is 25.7 Å². The summed E-state index contributed by atoms with van der Waals surface area (Å²) in [6.07, 6.45) is 6.34. The zero-order chi connectivity index (χ0) is 20.0. The molecule has 0 heterocycles. The molecule has 1 amide bonds. The Bertz CT molecular complexity index is 854. The number of hydrogen-bond acceptors (Lipinski definition) is 6. The maximum Gasteiger partial charge on any atom is 0.258 e. The number of nitrogens with two attached hydrogens (primary N) is 1. The van der Waals surface area contributed by atoms with Crippen LogP contribution in [0.15, 0.2) is 35.0 Å². The summed E-state index contributed by atoms with van der Waals surface area (Å²) in [7, 11) is -3.48. The first-order valence-corrected chi connectivity index (χ1v) is 10.7. The number of aliphatic hydroxyl groups excluding tert-OH is 1. The van der Waals surface area contributed by atoms with E-state index in [9.17, 15) is 18.3 Å². The monoisotopic (exact) mass is 414 g/mol. The van der Waals surface area contributed by atoms with Gasteiger partial charge in [0.15, 0.2) is 0 Å². The molecule has 148 valence electrons. The summed E-state index contributed by atoms with van der Waals surface area (Å²) in [5, 5.41) is 12.8. The second-order valence-corrected chi connectivity index (χ2v) is 8.56. The summed E-state index contributed by atoms with van der Waals surface area (Å²) in [5.74, 6) is -0.529. The summed E-state index contributed by atoms with van der Waals surface area (Å²) in [4.78, 5) is 16.7. The van der Waals surface area contributed by atoms with Crippen LogP contribution in [-0.4, -0.2) is 44.0 Å². The molecule has 0 aromatic heterocycles. The van der Waals surface area contributed by atoms with Crippen molar-refractivity contribution in [1.82, 2.24) is 0 Å². The van der Waals surface area contributed by atoms with Crippen molar-refractivity contribution in [1.29, 1.82) is 0 Å². The smallest absolute Gasteiger partial charge is 0.258 e. The number of nitrogens with zero attached hydrogens (tertiary/aromatic N) is 1. The van der Waals surface area contributed by atoms with E-state index < -0.39 is 22.0 Å². The van der Waals surface area contributed by atoms with E-state index in [1.54, 1.807) is 0 Å². The predicted octanol–water partition coefficient (Wildman–Crippen LogP) is 1.87. The standard InChI is InChI=1S/C17H23ClN4O4S/c1-27(25,26)22-14-7-12(18)6-13(8-14)21-17(24)11(9-19)10-20-15-4-2-3-5-16(15)23/h6-10,15-16,22-23H,2-5,19H2,1H3,(H,21,24)/b11-9+,20-10?/t15-,16-/m1/s1. The zero-order valence-electron chi connectivity index (χ0n) is 14.9. The first-order chi connectivity index (χ1) is 12.7. The van der Waals surface area contributed by atoms with Crippen molar-refractivity contribution in [2.75, 3.05) is 16.3 Å². The lowest BCUT2D eigenvalue weighted by Gasteiger charge is -2.24. The fourth-order valence-electron chi connectivity index (χ4n) is 2.76. The Kier molecular flexibility index (Phi) is 7.23. The molecule has 0 radical (unpaired) electrons. The second-order valence-electron chi connectivity index (χ2n) is 6.38. The van der Waals surface area contributed by atoms with Crippen LogP contribution in [0.2, 0.25) is 5.02 Å². The Morgan fingerprint density at radius 1 is 1.30 bits per heavy atom. The quantitative estimate of drug-likeness (QED) is 0.416. The number of anilines is 2. The summed E-state index contributed by atoms with van der Waals surface area (Å²) in [6.45, 7) is 0. The van der Waals surface area contributed by atoms with E-state index in [1.165, 1.54) is 24.4 Å². The number of sulfonamides is 1. The van der Waals surface area contributed by atoms with Gasteiger partial charge < -0.3 is 16.2 Å². The van der Waals surface area contributed by atoms with Crippen LogP contribution in [0.25, 0.3) is 0 Å². The molecule has 10 heteroatoms. The molecule has 1 aliphatic rings. The van der Waals surface area contributed by atoms with Gasteiger partial charge in [-0.15, -0.1) is 0 Å². The first kappa shape index (κ1) is 21.2. The molecular weight excluding hydrogens is 392 g/mol. The number of carbonyl (C=O) groups excluding carboxylic acids is 1. The SMILES string of the molecule is CS(=O)(=O)Nc1cc(Cl)cc(NC(=O)/C(C=N[C@@H]2CCCC[C@H]2O)=C/N)c1. The van der Waals surface area contributed by atoms with Crippen LogP contribution in [0, 0.1) is 0 Å². The predicted molar refractivity (Wildman–Crippen MR) is 108 cm³/mol. The zero-order valence-corrected chi connectivity index (χ0v) is 16.4. The normalized spacial score (nSPS) is 21.2. The third-order valence-corrected chi connectivity index (χ3v) is 4.82. The highest BCUT2D eigenvalue weighted by molar-refractivity contribution is 7.92. The molecule has 5 N–H and O–H groups in total. The van der Waals surface area contributed by atoms with Crippen molar-refractivity contribution in [3.63, 3.8) is 0 Å². The molecular formula is C17H23ClN4O4S. The number of amides is 1. The maximum atomic E-state index is 12.4. The number of aliphatic hydroxyl groups is 1. The van der Waals surface area contributed by atoms with Gasteiger partial charge in [-0.05, 0) is 31.0 Å². The molecule has 2 atom stereocenters. The average Bonchev–Trinajstić information content (AvgIpc) is 2.54. The van der Waals surface area contributed by atoms with E-state index in [4.69, 9.17) is 17.3 Å². The van der Waals surface area contributed by atoms with Gasteiger partial charge in [-0.1, -0.05) is 24.4 Å². The minimum absolute atomic E-state index is 0.116. The lowest BCUT2D eigenvalue weighted by atomic mass is 9.93. The molecule has 1 saturated carbocycles. The number of carbonyl (C=O) groups is 1. The number of rotatable bonds is 6. The Morgan fingerprint density at radius 3 is 2.59 bits per heavy atom. The third-order valence-electron chi connectivity index (χ3n) is 4.00. The Labute approximate surface area is 163 Å². The third kappa shape index (κ3) is 6.85. The molecule has 1 aromatic rings. The Balaban J connectivity index is 2.10. The van der Waals surface area contributed by atoms with Gasteiger partial charge in [-0.3, -0.25) is 14.5 Å². The van der Waals surface area contributed by atoms with E-state index in [1.807, 2.05) is 0 Å². The molecule has 1 fully saturated rings. The Hall–Kier alpha value is -2.10. The molecule has 1 aromatic carbocycles. The van der Waals surface area contributed by atoms with Gasteiger partial charge in [0, 0.05) is 23.1 Å². The molecule has 2 rings (SSSR count). The average molecular weight is 415 g/mol. The molecule has 0 bridgehead atoms. The lowest BCUT2D eigenvalue weighted by molar-refractivity contribution is -0.112.